The molecule has 0 atom stereocenters. The van der Waals surface area contributed by atoms with Gasteiger partial charge in [0.15, 0.2) is 0 Å². The normalized spacial score (nSPS) is 10.5. The van der Waals surface area contributed by atoms with Crippen molar-refractivity contribution in [2.45, 2.75) is 13.8 Å². The van der Waals surface area contributed by atoms with Crippen molar-refractivity contribution in [1.29, 1.82) is 5.26 Å². The van der Waals surface area contributed by atoms with Gasteiger partial charge in [0.05, 0.1) is 6.07 Å². The highest BCUT2D eigenvalue weighted by Gasteiger charge is 2.26. The van der Waals surface area contributed by atoms with Crippen LogP contribution < -0.4 is 5.32 Å². The predicted octanol–water partition coefficient (Wildman–Crippen LogP) is 2.94. The molecule has 15 heavy (non-hydrogen) atoms. The van der Waals surface area contributed by atoms with Crippen molar-refractivity contribution in [3.63, 3.8) is 0 Å². The third-order valence-corrected chi connectivity index (χ3v) is 2.48. The van der Waals surface area contributed by atoms with E-state index in [1.54, 1.807) is 26.0 Å². The van der Waals surface area contributed by atoms with E-state index in [0.29, 0.717) is 5.69 Å². The van der Waals surface area contributed by atoms with Gasteiger partial charge in [-0.05, 0) is 38.1 Å². The Hall–Kier alpha value is -1.34. The summed E-state index contributed by atoms with van der Waals surface area (Å²) in [6.45, 7) is 3.17. The van der Waals surface area contributed by atoms with Crippen molar-refractivity contribution in [3.05, 3.63) is 28.7 Å². The zero-order valence-electron chi connectivity index (χ0n) is 8.54. The van der Waals surface area contributed by atoms with Crippen molar-refractivity contribution in [2.24, 2.45) is 5.41 Å². The van der Waals surface area contributed by atoms with Crippen LogP contribution in [0.1, 0.15) is 13.8 Å². The Balaban J connectivity index is 2.76. The minimum atomic E-state index is -1.01. The topological polar surface area (TPSA) is 52.9 Å². The Morgan fingerprint density at radius 2 is 1.93 bits per heavy atom. The zero-order chi connectivity index (χ0) is 11.5. The number of nitrogens with zero attached hydrogens (tertiary/aromatic N) is 1. The molecule has 0 radical (unpaired) electrons. The summed E-state index contributed by atoms with van der Waals surface area (Å²) >= 11 is 3.30. The zero-order valence-corrected chi connectivity index (χ0v) is 10.1. The van der Waals surface area contributed by atoms with Gasteiger partial charge in [-0.25, -0.2) is 0 Å². The molecule has 0 aromatic heterocycles. The number of benzene rings is 1. The number of rotatable bonds is 2. The molecule has 1 N–H and O–H groups in total. The summed E-state index contributed by atoms with van der Waals surface area (Å²) in [5, 5.41) is 11.4. The maximum absolute atomic E-state index is 11.6. The second-order valence-electron chi connectivity index (χ2n) is 3.70. The van der Waals surface area contributed by atoms with E-state index in [1.807, 2.05) is 18.2 Å². The number of nitriles is 1. The maximum Gasteiger partial charge on any atom is 0.244 e. The van der Waals surface area contributed by atoms with Crippen LogP contribution >= 0.6 is 15.9 Å². The molecule has 0 saturated carbocycles. The van der Waals surface area contributed by atoms with E-state index in [4.69, 9.17) is 5.26 Å². The fourth-order valence-corrected chi connectivity index (χ4v) is 1.14. The summed E-state index contributed by atoms with van der Waals surface area (Å²) < 4.78 is 0.944. The summed E-state index contributed by atoms with van der Waals surface area (Å²) in [5.41, 5.74) is -0.320. The molecule has 1 rings (SSSR count). The molecule has 4 heteroatoms. The highest BCUT2D eigenvalue weighted by Crippen LogP contribution is 2.19. The molecule has 0 aliphatic carbocycles. The molecule has 1 aromatic rings. The number of carbonyl (C=O) groups excluding carboxylic acids is 1. The van der Waals surface area contributed by atoms with Gasteiger partial charge in [-0.1, -0.05) is 15.9 Å². The van der Waals surface area contributed by atoms with Crippen molar-refractivity contribution in [1.82, 2.24) is 0 Å². The lowest BCUT2D eigenvalue weighted by Crippen LogP contribution is -2.29. The fraction of sp³-hybridized carbons (Fsp3) is 0.273. The molecule has 0 unspecified atom stereocenters. The first kappa shape index (κ1) is 11.7. The predicted molar refractivity (Wildman–Crippen MR) is 62.2 cm³/mol. The molecule has 0 spiro atoms. The molecule has 0 saturated heterocycles. The molecule has 3 nitrogen and oxygen atoms in total. The van der Waals surface area contributed by atoms with E-state index in [1.165, 1.54) is 0 Å². The van der Waals surface area contributed by atoms with E-state index < -0.39 is 5.41 Å². The first-order chi connectivity index (χ1) is 6.95. The van der Waals surface area contributed by atoms with Gasteiger partial charge in [-0.3, -0.25) is 4.79 Å². The van der Waals surface area contributed by atoms with Gasteiger partial charge in [-0.2, -0.15) is 5.26 Å². The quantitative estimate of drug-likeness (QED) is 0.895. The lowest BCUT2D eigenvalue weighted by Gasteiger charge is -2.14. The van der Waals surface area contributed by atoms with E-state index in [-0.39, 0.29) is 5.91 Å². The van der Waals surface area contributed by atoms with E-state index >= 15 is 0 Å². The monoisotopic (exact) mass is 266 g/mol. The number of anilines is 1. The van der Waals surface area contributed by atoms with Gasteiger partial charge in [0, 0.05) is 10.2 Å². The minimum Gasteiger partial charge on any atom is -0.325 e. The average Bonchev–Trinajstić information content (AvgIpc) is 2.21. The Labute approximate surface area is 97.2 Å². The Kier molecular flexibility index (Phi) is 3.48. The van der Waals surface area contributed by atoms with Gasteiger partial charge in [0.25, 0.3) is 0 Å². The van der Waals surface area contributed by atoms with Crippen LogP contribution in [0, 0.1) is 16.7 Å². The van der Waals surface area contributed by atoms with Crippen LogP contribution in [-0.2, 0) is 4.79 Å². The first-order valence-electron chi connectivity index (χ1n) is 4.44. The van der Waals surface area contributed by atoms with Crippen LogP contribution in [-0.4, -0.2) is 5.91 Å². The molecular formula is C11H11BrN2O. The maximum atomic E-state index is 11.6. The Morgan fingerprint density at radius 3 is 2.40 bits per heavy atom. The molecule has 0 bridgehead atoms. The molecule has 78 valence electrons. The molecule has 0 aliphatic rings. The van der Waals surface area contributed by atoms with Crippen LogP contribution in [0.4, 0.5) is 5.69 Å². The van der Waals surface area contributed by atoms with Gasteiger partial charge in [-0.15, -0.1) is 0 Å². The number of hydrogen-bond donors (Lipinski definition) is 1. The lowest BCUT2D eigenvalue weighted by molar-refractivity contribution is -0.121. The van der Waals surface area contributed by atoms with Crippen LogP contribution in [0.15, 0.2) is 28.7 Å². The molecule has 1 amide bonds. The molecule has 0 aliphatic heterocycles. The molecule has 1 aromatic carbocycles. The van der Waals surface area contributed by atoms with Crippen molar-refractivity contribution in [2.75, 3.05) is 5.32 Å². The van der Waals surface area contributed by atoms with Crippen molar-refractivity contribution in [3.8, 4) is 6.07 Å². The molecular weight excluding hydrogens is 256 g/mol. The second kappa shape index (κ2) is 4.45. The number of carbonyl (C=O) groups is 1. The third kappa shape index (κ3) is 3.07. The number of halogens is 1. The van der Waals surface area contributed by atoms with Crippen molar-refractivity contribution < 1.29 is 4.79 Å². The highest BCUT2D eigenvalue weighted by molar-refractivity contribution is 9.10. The Morgan fingerprint density at radius 1 is 1.40 bits per heavy atom. The minimum absolute atomic E-state index is 0.299. The van der Waals surface area contributed by atoms with Crippen LogP contribution in [0.3, 0.4) is 0 Å². The number of nitrogens with one attached hydrogen (secondary N) is 1. The van der Waals surface area contributed by atoms with Gasteiger partial charge in [0.1, 0.15) is 5.41 Å². The lowest BCUT2D eigenvalue weighted by atomic mass is 9.95. The smallest absolute Gasteiger partial charge is 0.244 e. The SMILES string of the molecule is CC(C)(C#N)C(=O)Nc1ccc(Br)cc1. The standard InChI is InChI=1S/C11H11BrN2O/c1-11(2,7-13)10(15)14-9-5-3-8(12)4-6-9/h3-6H,1-2H3,(H,14,15). The first-order valence-corrected chi connectivity index (χ1v) is 5.23. The van der Waals surface area contributed by atoms with E-state index in [0.717, 1.165) is 4.47 Å². The van der Waals surface area contributed by atoms with Crippen molar-refractivity contribution >= 4 is 27.5 Å². The Bertz CT molecular complexity index is 404. The third-order valence-electron chi connectivity index (χ3n) is 1.95. The van der Waals surface area contributed by atoms with E-state index in [9.17, 15) is 4.79 Å². The largest absolute Gasteiger partial charge is 0.325 e. The van der Waals surface area contributed by atoms with Gasteiger partial charge < -0.3 is 5.32 Å². The molecule has 0 heterocycles. The summed E-state index contributed by atoms with van der Waals surface area (Å²) in [4.78, 5) is 11.6. The van der Waals surface area contributed by atoms with Crippen LogP contribution in [0.25, 0.3) is 0 Å². The van der Waals surface area contributed by atoms with E-state index in [2.05, 4.69) is 21.2 Å². The fourth-order valence-electron chi connectivity index (χ4n) is 0.871. The van der Waals surface area contributed by atoms with Crippen LogP contribution in [0.2, 0.25) is 0 Å². The summed E-state index contributed by atoms with van der Waals surface area (Å²) in [6.07, 6.45) is 0. The highest BCUT2D eigenvalue weighted by atomic mass is 79.9. The summed E-state index contributed by atoms with van der Waals surface area (Å²) in [5.74, 6) is -0.299. The average molecular weight is 267 g/mol. The molecule has 0 fully saturated rings. The second-order valence-corrected chi connectivity index (χ2v) is 4.61. The van der Waals surface area contributed by atoms with Gasteiger partial charge >= 0.3 is 0 Å². The van der Waals surface area contributed by atoms with Crippen LogP contribution in [0.5, 0.6) is 0 Å². The number of hydrogen-bond acceptors (Lipinski definition) is 2. The number of amides is 1. The van der Waals surface area contributed by atoms with Gasteiger partial charge in [0.2, 0.25) is 5.91 Å². The summed E-state index contributed by atoms with van der Waals surface area (Å²) in [7, 11) is 0. The summed E-state index contributed by atoms with van der Waals surface area (Å²) in [6, 6.07) is 9.15.